The topological polar surface area (TPSA) is 56.1 Å². The van der Waals surface area contributed by atoms with Crippen molar-refractivity contribution in [1.29, 1.82) is 0 Å². The average Bonchev–Trinajstić information content (AvgIpc) is 3.31. The van der Waals surface area contributed by atoms with Gasteiger partial charge in [-0.3, -0.25) is 9.48 Å². The summed E-state index contributed by atoms with van der Waals surface area (Å²) in [5.41, 5.74) is 1.74. The van der Waals surface area contributed by atoms with E-state index >= 15 is 0 Å². The lowest BCUT2D eigenvalue weighted by molar-refractivity contribution is 0.0941. The van der Waals surface area contributed by atoms with E-state index in [2.05, 4.69) is 10.4 Å². The molecule has 1 saturated carbocycles. The monoisotopic (exact) mass is 373 g/mol. The summed E-state index contributed by atoms with van der Waals surface area (Å²) >= 11 is 0. The van der Waals surface area contributed by atoms with E-state index in [1.807, 2.05) is 6.92 Å². The maximum atomic E-state index is 14.7. The first-order valence-electron chi connectivity index (χ1n) is 9.79. The quantitative estimate of drug-likeness (QED) is 0.761. The molecule has 6 heteroatoms. The third-order valence-corrected chi connectivity index (χ3v) is 5.27. The minimum atomic E-state index is -0.400. The molecule has 0 saturated heterocycles. The first-order valence-corrected chi connectivity index (χ1v) is 9.79. The zero-order valence-electron chi connectivity index (χ0n) is 16.1. The van der Waals surface area contributed by atoms with Crippen molar-refractivity contribution in [3.05, 3.63) is 47.0 Å². The van der Waals surface area contributed by atoms with Crippen LogP contribution in [0.3, 0.4) is 0 Å². The van der Waals surface area contributed by atoms with Gasteiger partial charge < -0.3 is 10.1 Å². The number of aryl methyl sites for hydroxylation is 2. The number of ether oxygens (including phenoxy) is 1. The minimum Gasteiger partial charge on any atom is -0.490 e. The molecule has 0 radical (unpaired) electrons. The Hall–Kier alpha value is -2.37. The Balaban J connectivity index is 1.56. The van der Waals surface area contributed by atoms with Gasteiger partial charge in [0.15, 0.2) is 11.6 Å². The van der Waals surface area contributed by atoms with E-state index in [-0.39, 0.29) is 18.2 Å². The van der Waals surface area contributed by atoms with Crippen LogP contribution in [0.15, 0.2) is 24.3 Å². The zero-order valence-corrected chi connectivity index (χ0v) is 16.1. The van der Waals surface area contributed by atoms with Gasteiger partial charge in [-0.05, 0) is 30.9 Å². The number of nitrogens with zero attached hydrogens (tertiary/aromatic N) is 2. The van der Waals surface area contributed by atoms with Crippen molar-refractivity contribution in [3.8, 4) is 5.75 Å². The predicted octanol–water partition coefficient (Wildman–Crippen LogP) is 4.01. The van der Waals surface area contributed by atoms with Crippen LogP contribution >= 0.6 is 0 Å². The third kappa shape index (κ3) is 4.87. The highest BCUT2D eigenvalue weighted by Gasteiger charge is 2.17. The molecule has 3 rings (SSSR count). The van der Waals surface area contributed by atoms with E-state index in [1.54, 1.807) is 36.0 Å². The van der Waals surface area contributed by atoms with Gasteiger partial charge in [-0.25, -0.2) is 4.39 Å². The summed E-state index contributed by atoms with van der Waals surface area (Å²) in [6, 6.07) is 6.83. The lowest BCUT2D eigenvalue weighted by atomic mass is 10.1. The van der Waals surface area contributed by atoms with Crippen molar-refractivity contribution < 1.29 is 13.9 Å². The summed E-state index contributed by atoms with van der Waals surface area (Å²) < 4.78 is 21.9. The van der Waals surface area contributed by atoms with Crippen molar-refractivity contribution in [1.82, 2.24) is 15.1 Å². The molecule has 1 aliphatic carbocycles. The molecule has 0 spiro atoms. The molecule has 1 heterocycles. The van der Waals surface area contributed by atoms with Gasteiger partial charge in [0.2, 0.25) is 0 Å². The highest BCUT2D eigenvalue weighted by molar-refractivity contribution is 5.92. The van der Waals surface area contributed by atoms with E-state index in [9.17, 15) is 9.18 Å². The van der Waals surface area contributed by atoms with Crippen LogP contribution in [0.4, 0.5) is 4.39 Å². The van der Waals surface area contributed by atoms with Crippen LogP contribution in [0.2, 0.25) is 0 Å². The Morgan fingerprint density at radius 2 is 2.15 bits per heavy atom. The SMILES string of the molecule is CCc1cc(C(=O)NCc2cccc(OCCC3CCCC3)c2F)n(C)n1. The molecule has 1 N–H and O–H groups in total. The van der Waals surface area contributed by atoms with Crippen molar-refractivity contribution in [2.24, 2.45) is 13.0 Å². The summed E-state index contributed by atoms with van der Waals surface area (Å²) in [5.74, 6) is 0.302. The summed E-state index contributed by atoms with van der Waals surface area (Å²) in [6.07, 6.45) is 6.84. The Bertz CT molecular complexity index is 782. The second-order valence-electron chi connectivity index (χ2n) is 7.20. The van der Waals surface area contributed by atoms with E-state index in [0.717, 1.165) is 18.5 Å². The minimum absolute atomic E-state index is 0.108. The largest absolute Gasteiger partial charge is 0.490 e. The molecule has 0 aliphatic heterocycles. The molecule has 1 fully saturated rings. The summed E-state index contributed by atoms with van der Waals surface area (Å²) in [7, 11) is 1.73. The average molecular weight is 373 g/mol. The molecule has 27 heavy (non-hydrogen) atoms. The summed E-state index contributed by atoms with van der Waals surface area (Å²) in [6.45, 7) is 2.63. The molecule has 1 aromatic carbocycles. The number of hydrogen-bond donors (Lipinski definition) is 1. The number of aromatic nitrogens is 2. The number of hydrogen-bond acceptors (Lipinski definition) is 3. The molecule has 5 nitrogen and oxygen atoms in total. The van der Waals surface area contributed by atoms with Gasteiger partial charge in [-0.15, -0.1) is 0 Å². The molecular weight excluding hydrogens is 345 g/mol. The van der Waals surface area contributed by atoms with Gasteiger partial charge in [0.1, 0.15) is 5.69 Å². The second-order valence-corrected chi connectivity index (χ2v) is 7.20. The predicted molar refractivity (Wildman–Crippen MR) is 102 cm³/mol. The third-order valence-electron chi connectivity index (χ3n) is 5.27. The molecule has 2 aromatic rings. The lowest BCUT2D eigenvalue weighted by Crippen LogP contribution is -2.25. The smallest absolute Gasteiger partial charge is 0.269 e. The van der Waals surface area contributed by atoms with E-state index in [4.69, 9.17) is 4.74 Å². The lowest BCUT2D eigenvalue weighted by Gasteiger charge is -2.13. The molecule has 0 bridgehead atoms. The Kier molecular flexibility index (Phi) is 6.48. The van der Waals surface area contributed by atoms with Crippen LogP contribution in [0.1, 0.15) is 60.8 Å². The fourth-order valence-corrected chi connectivity index (χ4v) is 3.62. The molecule has 1 aliphatic rings. The zero-order chi connectivity index (χ0) is 19.2. The normalized spacial score (nSPS) is 14.5. The van der Waals surface area contributed by atoms with Gasteiger partial charge in [-0.2, -0.15) is 5.10 Å². The molecule has 0 atom stereocenters. The molecule has 146 valence electrons. The van der Waals surface area contributed by atoms with Gasteiger partial charge in [0, 0.05) is 19.2 Å². The van der Waals surface area contributed by atoms with Crippen molar-refractivity contribution >= 4 is 5.91 Å². The molecule has 1 aromatic heterocycles. The number of carbonyl (C=O) groups excluding carboxylic acids is 1. The van der Waals surface area contributed by atoms with Gasteiger partial charge >= 0.3 is 0 Å². The first-order chi connectivity index (χ1) is 13.1. The Labute approximate surface area is 159 Å². The van der Waals surface area contributed by atoms with Crippen LogP contribution in [0, 0.1) is 11.7 Å². The standard InChI is InChI=1S/C21H28FN3O2/c1-3-17-13-18(25(2)24-17)21(26)23-14-16-9-6-10-19(20(16)22)27-12-11-15-7-4-5-8-15/h6,9-10,13,15H,3-5,7-8,11-12,14H2,1-2H3,(H,23,26). The highest BCUT2D eigenvalue weighted by Crippen LogP contribution is 2.28. The van der Waals surface area contributed by atoms with Crippen LogP contribution in [0.5, 0.6) is 5.75 Å². The number of rotatable bonds is 8. The molecule has 0 unspecified atom stereocenters. The van der Waals surface area contributed by atoms with E-state index in [1.165, 1.54) is 25.7 Å². The van der Waals surface area contributed by atoms with Crippen LogP contribution in [-0.2, 0) is 20.0 Å². The van der Waals surface area contributed by atoms with Crippen molar-refractivity contribution in [2.45, 2.75) is 52.0 Å². The maximum absolute atomic E-state index is 14.7. The fraction of sp³-hybridized carbons (Fsp3) is 0.524. The van der Waals surface area contributed by atoms with Crippen LogP contribution in [-0.4, -0.2) is 22.3 Å². The van der Waals surface area contributed by atoms with E-state index in [0.29, 0.717) is 23.8 Å². The Morgan fingerprint density at radius 1 is 1.37 bits per heavy atom. The van der Waals surface area contributed by atoms with Gasteiger partial charge in [0.25, 0.3) is 5.91 Å². The first kappa shape index (κ1) is 19.4. The van der Waals surface area contributed by atoms with Crippen LogP contribution in [0.25, 0.3) is 0 Å². The maximum Gasteiger partial charge on any atom is 0.269 e. The molecule has 1 amide bonds. The van der Waals surface area contributed by atoms with Gasteiger partial charge in [-0.1, -0.05) is 44.7 Å². The highest BCUT2D eigenvalue weighted by atomic mass is 19.1. The molecular formula is C21H28FN3O2. The van der Waals surface area contributed by atoms with Crippen LogP contribution < -0.4 is 10.1 Å². The number of benzene rings is 1. The van der Waals surface area contributed by atoms with Crippen molar-refractivity contribution in [3.63, 3.8) is 0 Å². The van der Waals surface area contributed by atoms with Gasteiger partial charge in [0.05, 0.1) is 12.3 Å². The summed E-state index contributed by atoms with van der Waals surface area (Å²) in [4.78, 5) is 12.4. The summed E-state index contributed by atoms with van der Waals surface area (Å²) in [5, 5.41) is 7.03. The number of amides is 1. The Morgan fingerprint density at radius 3 is 2.85 bits per heavy atom. The van der Waals surface area contributed by atoms with Crippen molar-refractivity contribution in [2.75, 3.05) is 6.61 Å². The number of halogens is 1. The second kappa shape index (κ2) is 9.02. The fourth-order valence-electron chi connectivity index (χ4n) is 3.62. The van der Waals surface area contributed by atoms with E-state index < -0.39 is 5.82 Å². The number of carbonyl (C=O) groups is 1. The number of nitrogens with one attached hydrogen (secondary N) is 1.